The van der Waals surface area contributed by atoms with E-state index in [-0.39, 0.29) is 30.0 Å². The van der Waals surface area contributed by atoms with Crippen LogP contribution in [-0.4, -0.2) is 63.4 Å². The molecule has 0 bridgehead atoms. The van der Waals surface area contributed by atoms with Crippen molar-refractivity contribution in [2.75, 3.05) is 31.5 Å². The molecule has 2 aliphatic rings. The number of nitrogens with zero attached hydrogens (tertiary/aromatic N) is 4. The topological polar surface area (TPSA) is 87.5 Å². The highest BCUT2D eigenvalue weighted by atomic mass is 16.2. The second-order valence-electron chi connectivity index (χ2n) is 10.0. The monoisotopic (exact) mass is 511 g/mol. The normalized spacial score (nSPS) is 16.7. The van der Waals surface area contributed by atoms with E-state index in [1.807, 2.05) is 6.07 Å². The van der Waals surface area contributed by atoms with Crippen LogP contribution < -0.4 is 10.9 Å². The Bertz CT molecular complexity index is 1360. The average Bonchev–Trinajstić information content (AvgIpc) is 3.17. The van der Waals surface area contributed by atoms with Crippen LogP contribution in [0.1, 0.15) is 52.5 Å². The van der Waals surface area contributed by atoms with Gasteiger partial charge in [-0.2, -0.15) is 0 Å². The highest BCUT2D eigenvalue weighted by Gasteiger charge is 2.34. The average molecular weight is 512 g/mol. The van der Waals surface area contributed by atoms with Crippen molar-refractivity contribution in [1.29, 1.82) is 0 Å². The van der Waals surface area contributed by atoms with Crippen LogP contribution in [0.15, 0.2) is 77.4 Å². The Labute approximate surface area is 222 Å². The van der Waals surface area contributed by atoms with Crippen LogP contribution in [0.4, 0.5) is 5.82 Å². The number of amides is 2. The molecule has 3 heterocycles. The number of piperidine rings is 1. The first-order valence-corrected chi connectivity index (χ1v) is 13.2. The maximum atomic E-state index is 13.0. The van der Waals surface area contributed by atoms with E-state index >= 15 is 0 Å². The molecule has 0 saturated carbocycles. The van der Waals surface area contributed by atoms with E-state index in [9.17, 15) is 14.4 Å². The van der Waals surface area contributed by atoms with Crippen LogP contribution >= 0.6 is 0 Å². The quantitative estimate of drug-likeness (QED) is 0.439. The molecular weight excluding hydrogens is 478 g/mol. The van der Waals surface area contributed by atoms with E-state index in [4.69, 9.17) is 0 Å². The van der Waals surface area contributed by atoms with Gasteiger partial charge in [0.1, 0.15) is 0 Å². The van der Waals surface area contributed by atoms with Crippen molar-refractivity contribution in [2.24, 2.45) is 0 Å². The van der Waals surface area contributed by atoms with Crippen LogP contribution in [0.2, 0.25) is 0 Å². The summed E-state index contributed by atoms with van der Waals surface area (Å²) < 4.78 is 1.60. The molecule has 0 unspecified atom stereocenters. The minimum atomic E-state index is -0.271. The van der Waals surface area contributed by atoms with Crippen molar-refractivity contribution in [3.05, 3.63) is 99.6 Å². The fraction of sp³-hybridized carbons (Fsp3) is 0.333. The number of anilines is 1. The number of hydrogen-bond acceptors (Lipinski definition) is 6. The zero-order valence-electron chi connectivity index (χ0n) is 21.7. The lowest BCUT2D eigenvalue weighted by Gasteiger charge is -2.32. The predicted molar refractivity (Wildman–Crippen MR) is 148 cm³/mol. The number of hydrogen-bond donors (Lipinski definition) is 1. The summed E-state index contributed by atoms with van der Waals surface area (Å²) in [7, 11) is 0. The first kappa shape index (κ1) is 25.6. The van der Waals surface area contributed by atoms with Gasteiger partial charge in [0.15, 0.2) is 5.82 Å². The van der Waals surface area contributed by atoms with Gasteiger partial charge in [-0.15, -0.1) is 0 Å². The summed E-state index contributed by atoms with van der Waals surface area (Å²) in [6.45, 7) is 5.68. The first-order valence-electron chi connectivity index (χ1n) is 13.2. The molecule has 1 saturated heterocycles. The van der Waals surface area contributed by atoms with Gasteiger partial charge in [-0.25, -0.2) is 4.98 Å². The molecule has 1 N–H and O–H groups in total. The van der Waals surface area contributed by atoms with Gasteiger partial charge >= 0.3 is 0 Å². The van der Waals surface area contributed by atoms with Gasteiger partial charge in [0.05, 0.1) is 11.1 Å². The van der Waals surface area contributed by atoms with Crippen molar-refractivity contribution in [3.8, 4) is 0 Å². The van der Waals surface area contributed by atoms with E-state index in [1.54, 1.807) is 41.2 Å². The van der Waals surface area contributed by atoms with Crippen LogP contribution in [0.25, 0.3) is 6.08 Å². The van der Waals surface area contributed by atoms with Gasteiger partial charge in [-0.05, 0) is 43.9 Å². The number of nitrogens with one attached hydrogen (secondary N) is 1. The molecule has 2 aromatic carbocycles. The second-order valence-corrected chi connectivity index (χ2v) is 10.0. The molecule has 8 heteroatoms. The molecular formula is C30H33N5O3. The zero-order valence-corrected chi connectivity index (χ0v) is 21.7. The number of fused-ring (bicyclic) bond motifs is 1. The molecule has 2 aliphatic heterocycles. The molecule has 0 spiro atoms. The molecule has 0 radical (unpaired) electrons. The molecule has 0 aliphatic carbocycles. The molecule has 0 atom stereocenters. The van der Waals surface area contributed by atoms with Crippen molar-refractivity contribution in [2.45, 2.75) is 38.8 Å². The maximum Gasteiger partial charge on any atom is 0.293 e. The zero-order chi connectivity index (χ0) is 26.5. The Morgan fingerprint density at radius 3 is 2.29 bits per heavy atom. The fourth-order valence-electron chi connectivity index (χ4n) is 5.22. The Morgan fingerprint density at radius 2 is 1.61 bits per heavy atom. The van der Waals surface area contributed by atoms with Crippen LogP contribution in [0.5, 0.6) is 0 Å². The highest BCUT2D eigenvalue weighted by Crippen LogP contribution is 2.22. The van der Waals surface area contributed by atoms with Gasteiger partial charge in [-0.1, -0.05) is 54.1 Å². The predicted octanol–water partition coefficient (Wildman–Crippen LogP) is 3.91. The van der Waals surface area contributed by atoms with Crippen LogP contribution in [0.3, 0.4) is 0 Å². The molecule has 2 amide bonds. The summed E-state index contributed by atoms with van der Waals surface area (Å²) in [4.78, 5) is 46.2. The Balaban J connectivity index is 1.11. The number of rotatable bonds is 9. The summed E-state index contributed by atoms with van der Waals surface area (Å²) in [5.41, 5.74) is 3.25. The number of carbonyl (C=O) groups is 2. The lowest BCUT2D eigenvalue weighted by molar-refractivity contribution is 0.0650. The lowest BCUT2D eigenvalue weighted by atomic mass is 10.0. The molecule has 8 nitrogen and oxygen atoms in total. The number of aromatic nitrogens is 2. The maximum absolute atomic E-state index is 13.0. The largest absolute Gasteiger partial charge is 0.363 e. The molecule has 1 fully saturated rings. The number of imide groups is 1. The molecule has 5 rings (SSSR count). The van der Waals surface area contributed by atoms with Crippen LogP contribution in [0, 0.1) is 0 Å². The van der Waals surface area contributed by atoms with Gasteiger partial charge in [0.2, 0.25) is 0 Å². The Kier molecular flexibility index (Phi) is 7.79. The minimum absolute atomic E-state index is 0.182. The number of benzene rings is 2. The number of likely N-dealkylation sites (tertiary alicyclic amines) is 1. The summed E-state index contributed by atoms with van der Waals surface area (Å²) >= 11 is 0. The molecule has 1 aromatic heterocycles. The molecule has 38 heavy (non-hydrogen) atoms. The molecule has 3 aromatic rings. The second kappa shape index (κ2) is 11.6. The Hall–Kier alpha value is -4.04. The Morgan fingerprint density at radius 1 is 0.947 bits per heavy atom. The first-order chi connectivity index (χ1) is 18.5. The molecule has 196 valence electrons. The smallest absolute Gasteiger partial charge is 0.293 e. The minimum Gasteiger partial charge on any atom is -0.363 e. The summed E-state index contributed by atoms with van der Waals surface area (Å²) in [6, 6.07) is 17.4. The lowest BCUT2D eigenvalue weighted by Crippen LogP contribution is -2.41. The fourth-order valence-corrected chi connectivity index (χ4v) is 5.22. The summed E-state index contributed by atoms with van der Waals surface area (Å²) in [5, 5.41) is 3.36. The summed E-state index contributed by atoms with van der Waals surface area (Å²) in [6.07, 6.45) is 7.87. The van der Waals surface area contributed by atoms with E-state index in [1.165, 1.54) is 16.0 Å². The third kappa shape index (κ3) is 5.75. The van der Waals surface area contributed by atoms with Crippen molar-refractivity contribution in [3.63, 3.8) is 0 Å². The van der Waals surface area contributed by atoms with E-state index in [2.05, 4.69) is 52.5 Å². The van der Waals surface area contributed by atoms with E-state index in [0.29, 0.717) is 29.9 Å². The summed E-state index contributed by atoms with van der Waals surface area (Å²) in [5.74, 6) is -0.189. The third-order valence-corrected chi connectivity index (χ3v) is 7.19. The van der Waals surface area contributed by atoms with Crippen molar-refractivity contribution < 1.29 is 9.59 Å². The van der Waals surface area contributed by atoms with Gasteiger partial charge in [0, 0.05) is 51.2 Å². The van der Waals surface area contributed by atoms with Crippen LogP contribution in [-0.2, 0) is 6.54 Å². The van der Waals surface area contributed by atoms with Crippen molar-refractivity contribution >= 4 is 23.7 Å². The number of aryl methyl sites for hydroxylation is 1. The van der Waals surface area contributed by atoms with Gasteiger partial charge in [0.25, 0.3) is 17.4 Å². The number of carbonyl (C=O) groups excluding carboxylic acids is 2. The highest BCUT2D eigenvalue weighted by molar-refractivity contribution is 6.21. The van der Waals surface area contributed by atoms with Gasteiger partial charge in [-0.3, -0.25) is 24.2 Å². The van der Waals surface area contributed by atoms with E-state index < -0.39 is 0 Å². The van der Waals surface area contributed by atoms with E-state index in [0.717, 1.165) is 32.5 Å². The SMILES string of the molecule is C/C(=C\c1ccccc1)CN1CCC(Nc2nccn(CCCN3C(=O)c4ccccc4C3=O)c2=O)CC1. The van der Waals surface area contributed by atoms with Crippen molar-refractivity contribution in [1.82, 2.24) is 19.4 Å². The standard InChI is InChI=1S/C30H33N5O3/c1-22(20-23-8-3-2-4-9-23)21-33-17-12-24(13-18-33)32-27-30(38)34(19-14-31-27)15-7-16-35-28(36)25-10-5-6-11-26(25)29(35)37/h2-6,8-11,14,19-20,24H,7,12-13,15-18,21H2,1H3,(H,31,32)/b22-20+. The third-order valence-electron chi connectivity index (χ3n) is 7.19. The van der Waals surface area contributed by atoms with Gasteiger partial charge < -0.3 is 9.88 Å².